The van der Waals surface area contributed by atoms with Crippen LogP contribution in [0.5, 0.6) is 0 Å². The third kappa shape index (κ3) is 1.88. The van der Waals surface area contributed by atoms with Gasteiger partial charge in [-0.1, -0.05) is 0 Å². The van der Waals surface area contributed by atoms with Crippen LogP contribution in [0, 0.1) is 0 Å². The Morgan fingerprint density at radius 3 is 2.81 bits per heavy atom. The SMILES string of the molecule is NC(=O)C1CCCN1c1ccc(C(=O)O)s1. The molecule has 0 spiro atoms. The molecule has 0 aromatic carbocycles. The quantitative estimate of drug-likeness (QED) is 0.822. The maximum absolute atomic E-state index is 11.2. The van der Waals surface area contributed by atoms with Crippen molar-refractivity contribution in [2.24, 2.45) is 5.73 Å². The van der Waals surface area contributed by atoms with Crippen molar-refractivity contribution in [3.8, 4) is 0 Å². The molecule has 86 valence electrons. The molecule has 1 saturated heterocycles. The zero-order valence-electron chi connectivity index (χ0n) is 8.55. The zero-order valence-corrected chi connectivity index (χ0v) is 9.37. The lowest BCUT2D eigenvalue weighted by Crippen LogP contribution is -2.39. The van der Waals surface area contributed by atoms with Crippen molar-refractivity contribution in [1.82, 2.24) is 0 Å². The van der Waals surface area contributed by atoms with Crippen molar-refractivity contribution in [2.75, 3.05) is 11.4 Å². The second-order valence-corrected chi connectivity index (χ2v) is 4.76. The van der Waals surface area contributed by atoms with Gasteiger partial charge in [0, 0.05) is 6.54 Å². The second-order valence-electron chi connectivity index (χ2n) is 3.70. The van der Waals surface area contributed by atoms with E-state index in [2.05, 4.69) is 0 Å². The number of amides is 1. The van der Waals surface area contributed by atoms with Crippen LogP contribution in [0.25, 0.3) is 0 Å². The number of thiophene rings is 1. The van der Waals surface area contributed by atoms with E-state index in [1.807, 2.05) is 4.90 Å². The summed E-state index contributed by atoms with van der Waals surface area (Å²) in [7, 11) is 0. The molecule has 1 unspecified atom stereocenters. The molecule has 0 bridgehead atoms. The van der Waals surface area contributed by atoms with Gasteiger partial charge in [-0.25, -0.2) is 4.79 Å². The summed E-state index contributed by atoms with van der Waals surface area (Å²) >= 11 is 1.18. The smallest absolute Gasteiger partial charge is 0.345 e. The van der Waals surface area contributed by atoms with Gasteiger partial charge >= 0.3 is 5.97 Å². The van der Waals surface area contributed by atoms with Crippen LogP contribution in [0.3, 0.4) is 0 Å². The maximum atomic E-state index is 11.2. The van der Waals surface area contributed by atoms with E-state index in [4.69, 9.17) is 10.8 Å². The number of nitrogens with two attached hydrogens (primary N) is 1. The van der Waals surface area contributed by atoms with E-state index in [9.17, 15) is 9.59 Å². The lowest BCUT2D eigenvalue weighted by molar-refractivity contribution is -0.119. The summed E-state index contributed by atoms with van der Waals surface area (Å²) in [5.74, 6) is -1.28. The van der Waals surface area contributed by atoms with Crippen LogP contribution in [0.2, 0.25) is 0 Å². The van der Waals surface area contributed by atoms with Gasteiger partial charge in [-0.05, 0) is 25.0 Å². The molecule has 1 aromatic rings. The molecular weight excluding hydrogens is 228 g/mol. The lowest BCUT2D eigenvalue weighted by Gasteiger charge is -2.22. The molecule has 6 heteroatoms. The van der Waals surface area contributed by atoms with Crippen molar-refractivity contribution >= 4 is 28.2 Å². The Bertz CT molecular complexity index is 429. The normalized spacial score (nSPS) is 20.0. The van der Waals surface area contributed by atoms with Crippen LogP contribution in [0.1, 0.15) is 22.5 Å². The van der Waals surface area contributed by atoms with Crippen LogP contribution < -0.4 is 10.6 Å². The number of hydrogen-bond acceptors (Lipinski definition) is 4. The van der Waals surface area contributed by atoms with Gasteiger partial charge in [0.2, 0.25) is 5.91 Å². The minimum absolute atomic E-state index is 0.283. The molecule has 2 rings (SSSR count). The zero-order chi connectivity index (χ0) is 11.7. The van der Waals surface area contributed by atoms with E-state index < -0.39 is 5.97 Å². The van der Waals surface area contributed by atoms with E-state index >= 15 is 0 Å². The van der Waals surface area contributed by atoms with Gasteiger partial charge in [-0.2, -0.15) is 0 Å². The third-order valence-electron chi connectivity index (χ3n) is 2.67. The first kappa shape index (κ1) is 10.9. The molecule has 16 heavy (non-hydrogen) atoms. The molecule has 0 aliphatic carbocycles. The molecule has 3 N–H and O–H groups in total. The van der Waals surface area contributed by atoms with Crippen molar-refractivity contribution < 1.29 is 14.7 Å². The van der Waals surface area contributed by atoms with Gasteiger partial charge in [0.25, 0.3) is 0 Å². The molecule has 0 saturated carbocycles. The fraction of sp³-hybridized carbons (Fsp3) is 0.400. The second kappa shape index (κ2) is 4.13. The lowest BCUT2D eigenvalue weighted by atomic mass is 10.2. The predicted molar refractivity (Wildman–Crippen MR) is 60.8 cm³/mol. The number of anilines is 1. The molecule has 1 fully saturated rings. The number of hydrogen-bond donors (Lipinski definition) is 2. The van der Waals surface area contributed by atoms with Crippen molar-refractivity contribution in [3.63, 3.8) is 0 Å². The van der Waals surface area contributed by atoms with E-state index in [1.165, 1.54) is 11.3 Å². The van der Waals surface area contributed by atoms with Crippen LogP contribution in [0.15, 0.2) is 12.1 Å². The number of carbonyl (C=O) groups is 2. The van der Waals surface area contributed by atoms with E-state index in [0.717, 1.165) is 24.4 Å². The number of rotatable bonds is 3. The average Bonchev–Trinajstić information content (AvgIpc) is 2.86. The molecule has 2 heterocycles. The first-order chi connectivity index (χ1) is 7.59. The number of primary amides is 1. The van der Waals surface area contributed by atoms with Gasteiger partial charge in [0.15, 0.2) is 0 Å². The van der Waals surface area contributed by atoms with E-state index in [0.29, 0.717) is 0 Å². The highest BCUT2D eigenvalue weighted by atomic mass is 32.1. The Balaban J connectivity index is 2.22. The Morgan fingerprint density at radius 2 is 2.25 bits per heavy atom. The molecule has 1 aromatic heterocycles. The number of carboxylic acid groups (broad SMARTS) is 1. The molecular formula is C10H12N2O3S. The largest absolute Gasteiger partial charge is 0.477 e. The summed E-state index contributed by atoms with van der Waals surface area (Å²) in [6.07, 6.45) is 1.66. The molecule has 1 atom stereocenters. The minimum Gasteiger partial charge on any atom is -0.477 e. The van der Waals surface area contributed by atoms with Crippen molar-refractivity contribution in [1.29, 1.82) is 0 Å². The molecule has 1 amide bonds. The highest BCUT2D eigenvalue weighted by molar-refractivity contribution is 7.17. The number of carbonyl (C=O) groups excluding carboxylic acids is 1. The number of carboxylic acids is 1. The molecule has 0 radical (unpaired) electrons. The Kier molecular flexibility index (Phi) is 2.82. The van der Waals surface area contributed by atoms with E-state index in [-0.39, 0.29) is 16.8 Å². The van der Waals surface area contributed by atoms with Crippen LogP contribution >= 0.6 is 11.3 Å². The van der Waals surface area contributed by atoms with Crippen LogP contribution in [-0.2, 0) is 4.79 Å². The standard InChI is InChI=1S/C10H12N2O3S/c11-9(13)6-2-1-5-12(6)8-4-3-7(16-8)10(14)15/h3-4,6H,1-2,5H2,(H2,11,13)(H,14,15). The van der Waals surface area contributed by atoms with E-state index in [1.54, 1.807) is 12.1 Å². The first-order valence-electron chi connectivity index (χ1n) is 4.98. The minimum atomic E-state index is -0.939. The van der Waals surface area contributed by atoms with Crippen LogP contribution in [0.4, 0.5) is 5.00 Å². The summed E-state index contributed by atoms with van der Waals surface area (Å²) in [5.41, 5.74) is 5.30. The van der Waals surface area contributed by atoms with Gasteiger partial charge in [-0.3, -0.25) is 4.79 Å². The number of aromatic carboxylic acids is 1. The summed E-state index contributed by atoms with van der Waals surface area (Å²) in [4.78, 5) is 24.1. The fourth-order valence-electron chi connectivity index (χ4n) is 1.92. The third-order valence-corrected chi connectivity index (χ3v) is 3.78. The molecule has 1 aliphatic heterocycles. The first-order valence-corrected chi connectivity index (χ1v) is 5.80. The summed E-state index contributed by atoms with van der Waals surface area (Å²) < 4.78 is 0. The molecule has 1 aliphatic rings. The monoisotopic (exact) mass is 240 g/mol. The van der Waals surface area contributed by atoms with Crippen LogP contribution in [-0.4, -0.2) is 29.6 Å². The fourth-order valence-corrected chi connectivity index (χ4v) is 2.84. The van der Waals surface area contributed by atoms with Gasteiger partial charge in [0.05, 0.1) is 5.00 Å². The van der Waals surface area contributed by atoms with Gasteiger partial charge in [-0.15, -0.1) is 11.3 Å². The Hall–Kier alpha value is -1.56. The number of nitrogens with zero attached hydrogens (tertiary/aromatic N) is 1. The van der Waals surface area contributed by atoms with Gasteiger partial charge < -0.3 is 15.7 Å². The Morgan fingerprint density at radius 1 is 1.50 bits per heavy atom. The molecule has 5 nitrogen and oxygen atoms in total. The summed E-state index contributed by atoms with van der Waals surface area (Å²) in [6.45, 7) is 0.757. The topological polar surface area (TPSA) is 83.6 Å². The highest BCUT2D eigenvalue weighted by Gasteiger charge is 2.30. The van der Waals surface area contributed by atoms with Gasteiger partial charge in [0.1, 0.15) is 10.9 Å². The maximum Gasteiger partial charge on any atom is 0.345 e. The van der Waals surface area contributed by atoms with Crippen molar-refractivity contribution in [3.05, 3.63) is 17.0 Å². The van der Waals surface area contributed by atoms with Crippen molar-refractivity contribution in [2.45, 2.75) is 18.9 Å². The summed E-state index contributed by atoms with van der Waals surface area (Å²) in [6, 6.07) is 2.99. The average molecular weight is 240 g/mol. The predicted octanol–water partition coefficient (Wildman–Crippen LogP) is 0.900. The summed E-state index contributed by atoms with van der Waals surface area (Å²) in [5, 5.41) is 9.62. The Labute approximate surface area is 96.5 Å². The highest BCUT2D eigenvalue weighted by Crippen LogP contribution is 2.31.